The Morgan fingerprint density at radius 2 is 2.13 bits per heavy atom. The fraction of sp³-hybridized carbons (Fsp3) is 0.800. The number of hydrogen-bond donors (Lipinski definition) is 1. The van der Waals surface area contributed by atoms with Gasteiger partial charge in [-0.1, -0.05) is 6.92 Å². The number of carbonyl (C=O) groups is 2. The Kier molecular flexibility index (Phi) is 4.08. The Balaban J connectivity index is 2.46. The number of nitrogens with zero attached hydrogens (tertiary/aromatic N) is 1. The van der Waals surface area contributed by atoms with E-state index in [2.05, 4.69) is 11.7 Å². The second kappa shape index (κ2) is 5.11. The number of rotatable bonds is 3. The molecule has 0 bridgehead atoms. The molecule has 1 fully saturated rings. The van der Waals surface area contributed by atoms with Gasteiger partial charge in [-0.15, -0.1) is 0 Å². The SMILES string of the molecule is COC(=O)CC(=O)N1C[C@@H](CN)[C@H](C)C1. The molecule has 0 saturated carbocycles. The van der Waals surface area contributed by atoms with Crippen LogP contribution in [0.15, 0.2) is 0 Å². The van der Waals surface area contributed by atoms with E-state index in [0.717, 1.165) is 0 Å². The van der Waals surface area contributed by atoms with Crippen LogP contribution in [0.1, 0.15) is 13.3 Å². The maximum Gasteiger partial charge on any atom is 0.315 e. The third-order valence-corrected chi connectivity index (χ3v) is 2.95. The van der Waals surface area contributed by atoms with Crippen LogP contribution in [0, 0.1) is 11.8 Å². The van der Waals surface area contributed by atoms with E-state index in [1.54, 1.807) is 4.90 Å². The monoisotopic (exact) mass is 214 g/mol. The summed E-state index contributed by atoms with van der Waals surface area (Å²) in [6.45, 7) is 4.01. The van der Waals surface area contributed by atoms with E-state index in [4.69, 9.17) is 5.73 Å². The molecular weight excluding hydrogens is 196 g/mol. The van der Waals surface area contributed by atoms with Crippen LogP contribution < -0.4 is 5.73 Å². The maximum absolute atomic E-state index is 11.6. The summed E-state index contributed by atoms with van der Waals surface area (Å²) in [5, 5.41) is 0. The molecule has 2 atom stereocenters. The highest BCUT2D eigenvalue weighted by atomic mass is 16.5. The number of methoxy groups -OCH3 is 1. The largest absolute Gasteiger partial charge is 0.469 e. The number of esters is 1. The van der Waals surface area contributed by atoms with Crippen molar-refractivity contribution in [3.05, 3.63) is 0 Å². The first kappa shape index (κ1) is 12.0. The molecule has 0 spiro atoms. The van der Waals surface area contributed by atoms with Crippen molar-refractivity contribution in [1.82, 2.24) is 4.90 Å². The van der Waals surface area contributed by atoms with E-state index in [0.29, 0.717) is 31.5 Å². The van der Waals surface area contributed by atoms with Crippen LogP contribution in [0.2, 0.25) is 0 Å². The standard InChI is InChI=1S/C10H18N2O3/c1-7-5-12(6-8(7)4-11)9(13)3-10(14)15-2/h7-8H,3-6,11H2,1-2H3/t7-,8-/m1/s1. The fourth-order valence-corrected chi connectivity index (χ4v) is 1.85. The van der Waals surface area contributed by atoms with Gasteiger partial charge in [0.2, 0.25) is 5.91 Å². The van der Waals surface area contributed by atoms with E-state index in [1.165, 1.54) is 7.11 Å². The number of nitrogens with two attached hydrogens (primary N) is 1. The summed E-state index contributed by atoms with van der Waals surface area (Å²) in [4.78, 5) is 24.2. The lowest BCUT2D eigenvalue weighted by Gasteiger charge is -2.15. The van der Waals surface area contributed by atoms with Crippen LogP contribution in [-0.2, 0) is 14.3 Å². The topological polar surface area (TPSA) is 72.6 Å². The van der Waals surface area contributed by atoms with Gasteiger partial charge in [0.15, 0.2) is 0 Å². The molecule has 1 aliphatic rings. The minimum absolute atomic E-state index is 0.162. The first-order valence-electron chi connectivity index (χ1n) is 5.13. The molecule has 2 N–H and O–H groups in total. The Morgan fingerprint density at radius 1 is 1.47 bits per heavy atom. The quantitative estimate of drug-likeness (QED) is 0.512. The van der Waals surface area contributed by atoms with Crippen molar-refractivity contribution in [3.8, 4) is 0 Å². The minimum atomic E-state index is -0.483. The molecular formula is C10H18N2O3. The van der Waals surface area contributed by atoms with Gasteiger partial charge in [-0.25, -0.2) is 0 Å². The Labute approximate surface area is 89.6 Å². The molecule has 86 valence electrons. The average molecular weight is 214 g/mol. The summed E-state index contributed by atoms with van der Waals surface area (Å²) >= 11 is 0. The minimum Gasteiger partial charge on any atom is -0.469 e. The lowest BCUT2D eigenvalue weighted by molar-refractivity contribution is -0.146. The van der Waals surface area contributed by atoms with Gasteiger partial charge in [-0.05, 0) is 18.4 Å². The number of hydrogen-bond acceptors (Lipinski definition) is 4. The van der Waals surface area contributed by atoms with E-state index < -0.39 is 5.97 Å². The molecule has 1 saturated heterocycles. The first-order valence-corrected chi connectivity index (χ1v) is 5.13. The highest BCUT2D eigenvalue weighted by Crippen LogP contribution is 2.22. The molecule has 0 radical (unpaired) electrons. The first-order chi connectivity index (χ1) is 7.08. The summed E-state index contributed by atoms with van der Waals surface area (Å²) in [6, 6.07) is 0. The van der Waals surface area contributed by atoms with Crippen molar-refractivity contribution in [2.75, 3.05) is 26.7 Å². The van der Waals surface area contributed by atoms with Gasteiger partial charge >= 0.3 is 5.97 Å². The fourth-order valence-electron chi connectivity index (χ4n) is 1.85. The summed E-state index contributed by atoms with van der Waals surface area (Å²) < 4.78 is 4.45. The van der Waals surface area contributed by atoms with Gasteiger partial charge in [-0.3, -0.25) is 9.59 Å². The summed E-state index contributed by atoms with van der Waals surface area (Å²) in [7, 11) is 1.28. The molecule has 5 nitrogen and oxygen atoms in total. The lowest BCUT2D eigenvalue weighted by atomic mass is 9.99. The molecule has 0 unspecified atom stereocenters. The summed E-state index contributed by atoms with van der Waals surface area (Å²) in [6.07, 6.45) is -0.166. The van der Waals surface area contributed by atoms with Crippen LogP contribution in [0.5, 0.6) is 0 Å². The summed E-state index contributed by atoms with van der Waals surface area (Å²) in [5.74, 6) is 0.122. The van der Waals surface area contributed by atoms with Crippen molar-refractivity contribution < 1.29 is 14.3 Å². The van der Waals surface area contributed by atoms with Crippen LogP contribution in [0.4, 0.5) is 0 Å². The molecule has 0 aromatic carbocycles. The van der Waals surface area contributed by atoms with Crippen molar-refractivity contribution in [2.24, 2.45) is 17.6 Å². The van der Waals surface area contributed by atoms with E-state index in [9.17, 15) is 9.59 Å². The summed E-state index contributed by atoms with van der Waals surface area (Å²) in [5.41, 5.74) is 5.58. The second-order valence-electron chi connectivity index (χ2n) is 4.02. The maximum atomic E-state index is 11.6. The van der Waals surface area contributed by atoms with Crippen molar-refractivity contribution in [3.63, 3.8) is 0 Å². The van der Waals surface area contributed by atoms with Crippen LogP contribution in [0.3, 0.4) is 0 Å². The predicted octanol–water partition coefficient (Wildman–Crippen LogP) is -0.397. The van der Waals surface area contributed by atoms with Gasteiger partial charge in [-0.2, -0.15) is 0 Å². The third-order valence-electron chi connectivity index (χ3n) is 2.95. The number of amides is 1. The molecule has 1 amide bonds. The van der Waals surface area contributed by atoms with Gasteiger partial charge in [0.1, 0.15) is 6.42 Å². The zero-order chi connectivity index (χ0) is 11.4. The van der Waals surface area contributed by atoms with Crippen molar-refractivity contribution in [1.29, 1.82) is 0 Å². The number of likely N-dealkylation sites (tertiary alicyclic amines) is 1. The molecule has 0 aromatic rings. The highest BCUT2D eigenvalue weighted by molar-refractivity contribution is 5.94. The van der Waals surface area contributed by atoms with Gasteiger partial charge in [0.25, 0.3) is 0 Å². The zero-order valence-corrected chi connectivity index (χ0v) is 9.23. The Morgan fingerprint density at radius 3 is 2.60 bits per heavy atom. The smallest absolute Gasteiger partial charge is 0.315 e. The average Bonchev–Trinajstić information content (AvgIpc) is 2.59. The Hall–Kier alpha value is -1.10. The van der Waals surface area contributed by atoms with Crippen molar-refractivity contribution >= 4 is 11.9 Å². The number of ether oxygens (including phenoxy) is 1. The van der Waals surface area contributed by atoms with E-state index in [1.807, 2.05) is 0 Å². The second-order valence-corrected chi connectivity index (χ2v) is 4.02. The highest BCUT2D eigenvalue weighted by Gasteiger charge is 2.31. The van der Waals surface area contributed by atoms with E-state index in [-0.39, 0.29) is 12.3 Å². The van der Waals surface area contributed by atoms with Gasteiger partial charge in [0.05, 0.1) is 7.11 Å². The lowest BCUT2D eigenvalue weighted by Crippen LogP contribution is -2.31. The van der Waals surface area contributed by atoms with Gasteiger partial charge in [0, 0.05) is 13.1 Å². The van der Waals surface area contributed by atoms with Crippen molar-refractivity contribution in [2.45, 2.75) is 13.3 Å². The molecule has 1 rings (SSSR count). The van der Waals surface area contributed by atoms with Crippen LogP contribution >= 0.6 is 0 Å². The molecule has 15 heavy (non-hydrogen) atoms. The number of carbonyl (C=O) groups excluding carboxylic acids is 2. The zero-order valence-electron chi connectivity index (χ0n) is 9.23. The normalized spacial score (nSPS) is 25.4. The van der Waals surface area contributed by atoms with Gasteiger partial charge < -0.3 is 15.4 Å². The third kappa shape index (κ3) is 2.92. The van der Waals surface area contributed by atoms with Crippen LogP contribution in [0.25, 0.3) is 0 Å². The predicted molar refractivity (Wildman–Crippen MR) is 54.9 cm³/mol. The molecule has 5 heteroatoms. The molecule has 1 aliphatic heterocycles. The molecule has 0 aromatic heterocycles. The van der Waals surface area contributed by atoms with Crippen LogP contribution in [-0.4, -0.2) is 43.5 Å². The molecule has 1 heterocycles. The Bertz CT molecular complexity index is 255. The molecule has 0 aliphatic carbocycles. The van der Waals surface area contributed by atoms with E-state index >= 15 is 0 Å².